The van der Waals surface area contributed by atoms with E-state index >= 15 is 0 Å². The molecular formula is C34H36N6O6. The number of ether oxygens (including phenoxy) is 4. The number of aliphatic hydroxyl groups excluding tert-OH is 1. The van der Waals surface area contributed by atoms with Crippen LogP contribution in [0.2, 0.25) is 0 Å². The van der Waals surface area contributed by atoms with Crippen LogP contribution in [-0.4, -0.2) is 82.4 Å². The molecular weight excluding hydrogens is 588 g/mol. The zero-order valence-corrected chi connectivity index (χ0v) is 26.1. The lowest BCUT2D eigenvalue weighted by atomic mass is 9.80. The molecule has 1 aliphatic heterocycles. The third-order valence-corrected chi connectivity index (χ3v) is 7.99. The van der Waals surface area contributed by atoms with Crippen LogP contribution in [0.25, 0.3) is 5.78 Å². The van der Waals surface area contributed by atoms with Crippen molar-refractivity contribution >= 4 is 18.1 Å². The maximum absolute atomic E-state index is 12.4. The zero-order valence-electron chi connectivity index (χ0n) is 26.1. The number of hydrogen-bond acceptors (Lipinski definition) is 9. The molecule has 1 fully saturated rings. The summed E-state index contributed by atoms with van der Waals surface area (Å²) in [5, 5.41) is 11.2. The average Bonchev–Trinajstić information content (AvgIpc) is 3.67. The molecule has 0 unspecified atom stereocenters. The van der Waals surface area contributed by atoms with E-state index in [9.17, 15) is 9.90 Å². The summed E-state index contributed by atoms with van der Waals surface area (Å²) in [5.74, 6) is 1.93. The van der Waals surface area contributed by atoms with E-state index in [2.05, 4.69) is 15.0 Å². The normalized spacial score (nSPS) is 18.3. The van der Waals surface area contributed by atoms with Gasteiger partial charge in [-0.2, -0.15) is 9.97 Å². The summed E-state index contributed by atoms with van der Waals surface area (Å²) in [6, 6.07) is 25.4. The first-order chi connectivity index (χ1) is 22.3. The van der Waals surface area contributed by atoms with Gasteiger partial charge in [0, 0.05) is 32.9 Å². The minimum Gasteiger partial charge on any atom is -0.497 e. The molecule has 12 nitrogen and oxygen atoms in total. The number of aliphatic imine (C=N–C) groups is 1. The molecule has 0 spiro atoms. The van der Waals surface area contributed by atoms with Crippen molar-refractivity contribution in [2.45, 2.75) is 30.5 Å². The number of aromatic nitrogens is 4. The summed E-state index contributed by atoms with van der Waals surface area (Å²) in [6.45, 7) is 0.0527. The monoisotopic (exact) mass is 624 g/mol. The number of fused-ring (bicyclic) bond motifs is 1. The van der Waals surface area contributed by atoms with Crippen molar-refractivity contribution in [1.82, 2.24) is 23.8 Å². The molecule has 238 valence electrons. The van der Waals surface area contributed by atoms with Crippen molar-refractivity contribution in [3.63, 3.8) is 0 Å². The Morgan fingerprint density at radius 1 is 0.935 bits per heavy atom. The number of aliphatic hydroxyl groups is 1. The molecule has 6 rings (SSSR count). The van der Waals surface area contributed by atoms with E-state index in [1.807, 2.05) is 93.0 Å². The van der Waals surface area contributed by atoms with Gasteiger partial charge in [0.05, 0.1) is 33.3 Å². The fraction of sp³-hybridized carbons (Fsp3) is 0.294. The lowest BCUT2D eigenvalue weighted by molar-refractivity contribution is -0.0930. The Kier molecular flexibility index (Phi) is 8.84. The van der Waals surface area contributed by atoms with Crippen LogP contribution in [0.3, 0.4) is 0 Å². The van der Waals surface area contributed by atoms with E-state index in [4.69, 9.17) is 18.9 Å². The number of benzene rings is 3. The molecule has 0 saturated carbocycles. The molecule has 1 N–H and O–H groups in total. The van der Waals surface area contributed by atoms with Gasteiger partial charge in [-0.3, -0.25) is 8.97 Å². The lowest BCUT2D eigenvalue weighted by Gasteiger charge is -2.37. The SMILES string of the molecule is COc1ccc(C(OC[C@H]2O[C@@H](n3ccn4c(/N=C/N(C)C)nc(=O)nc34)C[C@@H]2O)(c2ccccc2)c2ccc(OC)cc2)cc1. The highest BCUT2D eigenvalue weighted by Crippen LogP contribution is 2.43. The van der Waals surface area contributed by atoms with Gasteiger partial charge in [-0.1, -0.05) is 54.6 Å². The molecule has 46 heavy (non-hydrogen) atoms. The Morgan fingerprint density at radius 3 is 2.13 bits per heavy atom. The molecule has 3 aromatic carbocycles. The predicted molar refractivity (Wildman–Crippen MR) is 172 cm³/mol. The molecule has 12 heteroatoms. The fourth-order valence-electron chi connectivity index (χ4n) is 5.71. The first-order valence-corrected chi connectivity index (χ1v) is 14.8. The van der Waals surface area contributed by atoms with Gasteiger partial charge in [-0.05, 0) is 41.0 Å². The molecule has 0 aliphatic carbocycles. The summed E-state index contributed by atoms with van der Waals surface area (Å²) in [4.78, 5) is 26.5. The minimum absolute atomic E-state index is 0.0527. The second-order valence-electron chi connectivity index (χ2n) is 11.1. The average molecular weight is 625 g/mol. The van der Waals surface area contributed by atoms with Gasteiger partial charge < -0.3 is 29.0 Å². The smallest absolute Gasteiger partial charge is 0.373 e. The number of imidazole rings is 1. The van der Waals surface area contributed by atoms with Crippen LogP contribution in [0.4, 0.5) is 5.95 Å². The van der Waals surface area contributed by atoms with Crippen molar-refractivity contribution in [3.8, 4) is 11.5 Å². The van der Waals surface area contributed by atoms with Gasteiger partial charge in [0.2, 0.25) is 11.7 Å². The van der Waals surface area contributed by atoms with Gasteiger partial charge in [-0.25, -0.2) is 9.79 Å². The van der Waals surface area contributed by atoms with Gasteiger partial charge in [0.1, 0.15) is 29.4 Å². The Morgan fingerprint density at radius 2 is 1.54 bits per heavy atom. The first kappa shape index (κ1) is 31.0. The zero-order chi connectivity index (χ0) is 32.3. The molecule has 1 saturated heterocycles. The van der Waals surface area contributed by atoms with Crippen LogP contribution in [0.5, 0.6) is 11.5 Å². The highest BCUT2D eigenvalue weighted by Gasteiger charge is 2.42. The Bertz CT molecular complexity index is 1810. The summed E-state index contributed by atoms with van der Waals surface area (Å²) in [7, 11) is 6.90. The highest BCUT2D eigenvalue weighted by molar-refractivity contribution is 5.58. The molecule has 0 bridgehead atoms. The van der Waals surface area contributed by atoms with Crippen LogP contribution >= 0.6 is 0 Å². The lowest BCUT2D eigenvalue weighted by Crippen LogP contribution is -2.38. The largest absolute Gasteiger partial charge is 0.497 e. The Labute approximate surface area is 266 Å². The number of rotatable bonds is 11. The Hall–Kier alpha value is -5.04. The van der Waals surface area contributed by atoms with Gasteiger partial charge in [0.25, 0.3) is 0 Å². The molecule has 1 aliphatic rings. The van der Waals surface area contributed by atoms with E-state index in [1.165, 1.54) is 0 Å². The highest BCUT2D eigenvalue weighted by atomic mass is 16.6. The molecule has 2 aromatic heterocycles. The van der Waals surface area contributed by atoms with Crippen molar-refractivity contribution in [1.29, 1.82) is 0 Å². The first-order valence-electron chi connectivity index (χ1n) is 14.8. The van der Waals surface area contributed by atoms with Crippen LogP contribution in [-0.2, 0) is 15.1 Å². The van der Waals surface area contributed by atoms with Crippen molar-refractivity contribution in [2.24, 2.45) is 4.99 Å². The topological polar surface area (TPSA) is 125 Å². The maximum atomic E-state index is 12.4. The van der Waals surface area contributed by atoms with E-state index < -0.39 is 29.7 Å². The summed E-state index contributed by atoms with van der Waals surface area (Å²) < 4.78 is 27.6. The standard InChI is InChI=1S/C34H36N6O6/c1-38(2)22-35-31-36-32(42)37-33-39(18-19-40(31)33)30-20-28(41)29(46-30)21-45-34(23-8-6-5-7-9-23,24-10-14-26(43-3)15-11-24)25-12-16-27(44-4)17-13-25/h5-19,22,28-30,41H,20-21H2,1-4H3/b35-22+/t28-,29+,30+/m0/s1. The van der Waals surface area contributed by atoms with Gasteiger partial charge in [0.15, 0.2) is 0 Å². The predicted octanol–water partition coefficient (Wildman–Crippen LogP) is 3.79. The van der Waals surface area contributed by atoms with Crippen LogP contribution in [0.1, 0.15) is 29.3 Å². The Balaban J connectivity index is 1.35. The van der Waals surface area contributed by atoms with Crippen LogP contribution in [0.15, 0.2) is 101 Å². The molecule has 3 heterocycles. The minimum atomic E-state index is -1.07. The van der Waals surface area contributed by atoms with E-state index in [-0.39, 0.29) is 19.0 Å². The van der Waals surface area contributed by atoms with E-state index in [1.54, 1.807) is 46.8 Å². The third kappa shape index (κ3) is 5.97. The quantitative estimate of drug-likeness (QED) is 0.133. The number of methoxy groups -OCH3 is 2. The summed E-state index contributed by atoms with van der Waals surface area (Å²) in [6.07, 6.45) is 3.11. The molecule has 0 radical (unpaired) electrons. The summed E-state index contributed by atoms with van der Waals surface area (Å²) >= 11 is 0. The van der Waals surface area contributed by atoms with Crippen LogP contribution in [0, 0.1) is 0 Å². The third-order valence-electron chi connectivity index (χ3n) is 7.99. The second kappa shape index (κ2) is 13.1. The van der Waals surface area contributed by atoms with Gasteiger partial charge in [-0.15, -0.1) is 0 Å². The number of hydrogen-bond donors (Lipinski definition) is 1. The van der Waals surface area contributed by atoms with Gasteiger partial charge >= 0.3 is 5.69 Å². The van der Waals surface area contributed by atoms with E-state index in [0.717, 1.165) is 28.2 Å². The van der Waals surface area contributed by atoms with Crippen molar-refractivity contribution < 1.29 is 24.1 Å². The van der Waals surface area contributed by atoms with Crippen molar-refractivity contribution in [2.75, 3.05) is 34.9 Å². The van der Waals surface area contributed by atoms with E-state index in [0.29, 0.717) is 5.78 Å². The summed E-state index contributed by atoms with van der Waals surface area (Å²) in [5.41, 5.74) is 0.892. The molecule has 3 atom stereocenters. The van der Waals surface area contributed by atoms with Crippen molar-refractivity contribution in [3.05, 3.63) is 118 Å². The number of nitrogens with zero attached hydrogens (tertiary/aromatic N) is 6. The van der Waals surface area contributed by atoms with Crippen LogP contribution < -0.4 is 15.2 Å². The molecule has 0 amide bonds. The fourth-order valence-corrected chi connectivity index (χ4v) is 5.71. The second-order valence-corrected chi connectivity index (χ2v) is 11.1. The molecule has 5 aromatic rings. The maximum Gasteiger partial charge on any atom is 0.373 e.